The van der Waals surface area contributed by atoms with Crippen molar-refractivity contribution in [2.45, 2.75) is 33.3 Å². The van der Waals surface area contributed by atoms with Crippen LogP contribution in [-0.2, 0) is 0 Å². The number of benzene rings is 1. The van der Waals surface area contributed by atoms with Gasteiger partial charge in [-0.3, -0.25) is 0 Å². The number of aliphatic hydroxyl groups is 1. The van der Waals surface area contributed by atoms with Crippen LogP contribution in [0.25, 0.3) is 0 Å². The van der Waals surface area contributed by atoms with Gasteiger partial charge < -0.3 is 15.1 Å². The van der Waals surface area contributed by atoms with E-state index < -0.39 is 12.2 Å². The molecule has 0 fully saturated rings. The van der Waals surface area contributed by atoms with Gasteiger partial charge in [0.2, 0.25) is 0 Å². The predicted octanol–water partition coefficient (Wildman–Crippen LogP) is 3.14. The van der Waals surface area contributed by atoms with Crippen molar-refractivity contribution in [2.24, 2.45) is 5.41 Å². The van der Waals surface area contributed by atoms with Crippen molar-refractivity contribution in [1.82, 2.24) is 4.90 Å². The van der Waals surface area contributed by atoms with Crippen LogP contribution in [0.2, 0.25) is 0 Å². The summed E-state index contributed by atoms with van der Waals surface area (Å²) in [6.07, 6.45) is -1.15. The van der Waals surface area contributed by atoms with Crippen molar-refractivity contribution >= 4 is 6.09 Å². The summed E-state index contributed by atoms with van der Waals surface area (Å²) >= 11 is 0. The zero-order valence-electron chi connectivity index (χ0n) is 11.8. The average molecular weight is 265 g/mol. The molecule has 0 aliphatic heterocycles. The molecule has 0 aromatic heterocycles. The van der Waals surface area contributed by atoms with Crippen LogP contribution >= 0.6 is 0 Å². The first-order valence-electron chi connectivity index (χ1n) is 6.50. The van der Waals surface area contributed by atoms with Gasteiger partial charge in [-0.05, 0) is 17.4 Å². The molecule has 0 unspecified atom stereocenters. The minimum atomic E-state index is -0.935. The quantitative estimate of drug-likeness (QED) is 0.859. The average Bonchev–Trinajstić information content (AvgIpc) is 2.33. The summed E-state index contributed by atoms with van der Waals surface area (Å²) in [6, 6.07) is 9.31. The van der Waals surface area contributed by atoms with Crippen molar-refractivity contribution in [1.29, 1.82) is 0 Å². The third kappa shape index (κ3) is 5.75. The monoisotopic (exact) mass is 265 g/mol. The molecule has 0 aliphatic rings. The van der Waals surface area contributed by atoms with Gasteiger partial charge >= 0.3 is 6.09 Å². The molecular weight excluding hydrogens is 242 g/mol. The van der Waals surface area contributed by atoms with Crippen LogP contribution < -0.4 is 0 Å². The lowest BCUT2D eigenvalue weighted by Crippen LogP contribution is -2.37. The summed E-state index contributed by atoms with van der Waals surface area (Å²) in [6.45, 7) is 6.79. The first kappa shape index (κ1) is 15.5. The number of aliphatic hydroxyl groups excluding tert-OH is 1. The van der Waals surface area contributed by atoms with E-state index in [1.165, 1.54) is 4.90 Å². The van der Waals surface area contributed by atoms with Gasteiger partial charge in [-0.25, -0.2) is 4.79 Å². The zero-order valence-corrected chi connectivity index (χ0v) is 11.8. The maximum Gasteiger partial charge on any atom is 0.407 e. The van der Waals surface area contributed by atoms with E-state index in [2.05, 4.69) is 0 Å². The van der Waals surface area contributed by atoms with Gasteiger partial charge in [0, 0.05) is 13.1 Å². The van der Waals surface area contributed by atoms with Crippen LogP contribution in [0.5, 0.6) is 0 Å². The molecule has 0 spiro atoms. The summed E-state index contributed by atoms with van der Waals surface area (Å²) in [5, 5.41) is 19.2. The highest BCUT2D eigenvalue weighted by atomic mass is 16.4. The van der Waals surface area contributed by atoms with Crippen molar-refractivity contribution in [3.05, 3.63) is 35.9 Å². The molecule has 1 rings (SSSR count). The number of carbonyl (C=O) groups is 1. The van der Waals surface area contributed by atoms with E-state index in [1.807, 2.05) is 51.1 Å². The zero-order chi connectivity index (χ0) is 14.5. The summed E-state index contributed by atoms with van der Waals surface area (Å²) in [5.74, 6) is 0. The van der Waals surface area contributed by atoms with Crippen molar-refractivity contribution in [2.75, 3.05) is 13.1 Å². The Morgan fingerprint density at radius 1 is 1.26 bits per heavy atom. The predicted molar refractivity (Wildman–Crippen MR) is 75.1 cm³/mol. The second-order valence-electron chi connectivity index (χ2n) is 5.98. The molecule has 0 saturated heterocycles. The van der Waals surface area contributed by atoms with Crippen molar-refractivity contribution in [3.8, 4) is 0 Å². The van der Waals surface area contributed by atoms with Crippen LogP contribution in [0.1, 0.15) is 38.9 Å². The number of amides is 1. The summed E-state index contributed by atoms with van der Waals surface area (Å²) in [5.41, 5.74) is 0.736. The lowest BCUT2D eigenvalue weighted by Gasteiger charge is -2.28. The van der Waals surface area contributed by atoms with Gasteiger partial charge in [0.1, 0.15) is 0 Å². The molecule has 4 nitrogen and oxygen atoms in total. The van der Waals surface area contributed by atoms with Crippen molar-refractivity contribution in [3.63, 3.8) is 0 Å². The molecule has 1 aromatic carbocycles. The summed E-state index contributed by atoms with van der Waals surface area (Å²) < 4.78 is 0. The van der Waals surface area contributed by atoms with Gasteiger partial charge in [0.05, 0.1) is 6.10 Å². The van der Waals surface area contributed by atoms with Crippen LogP contribution in [-0.4, -0.2) is 34.3 Å². The third-order valence-electron chi connectivity index (χ3n) is 2.79. The smallest absolute Gasteiger partial charge is 0.407 e. The molecule has 0 heterocycles. The molecule has 106 valence electrons. The van der Waals surface area contributed by atoms with Gasteiger partial charge in [-0.15, -0.1) is 0 Å². The fraction of sp³-hybridized carbons (Fsp3) is 0.533. The summed E-state index contributed by atoms with van der Waals surface area (Å²) in [4.78, 5) is 12.5. The topological polar surface area (TPSA) is 60.8 Å². The molecule has 1 amide bonds. The fourth-order valence-electron chi connectivity index (χ4n) is 1.93. The normalized spacial score (nSPS) is 13.1. The highest BCUT2D eigenvalue weighted by molar-refractivity contribution is 5.64. The number of hydrogen-bond donors (Lipinski definition) is 2. The Morgan fingerprint density at radius 2 is 1.84 bits per heavy atom. The highest BCUT2D eigenvalue weighted by Gasteiger charge is 2.21. The van der Waals surface area contributed by atoms with E-state index in [1.54, 1.807) is 0 Å². The minimum absolute atomic E-state index is 0.0872. The third-order valence-corrected chi connectivity index (χ3v) is 2.79. The van der Waals surface area contributed by atoms with E-state index >= 15 is 0 Å². The Kier molecular flexibility index (Phi) is 5.36. The van der Waals surface area contributed by atoms with Crippen LogP contribution in [0.15, 0.2) is 30.3 Å². The number of hydrogen-bond acceptors (Lipinski definition) is 2. The fourth-order valence-corrected chi connectivity index (χ4v) is 1.93. The maximum absolute atomic E-state index is 11.2. The van der Waals surface area contributed by atoms with Gasteiger partial charge in [0.15, 0.2) is 0 Å². The summed E-state index contributed by atoms with van der Waals surface area (Å²) in [7, 11) is 0. The molecule has 0 bridgehead atoms. The first-order chi connectivity index (χ1) is 8.79. The molecule has 2 N–H and O–H groups in total. The Balaban J connectivity index is 2.55. The lowest BCUT2D eigenvalue weighted by molar-refractivity contribution is 0.106. The van der Waals surface area contributed by atoms with Crippen LogP contribution in [0.3, 0.4) is 0 Å². The maximum atomic E-state index is 11.2. The van der Waals surface area contributed by atoms with E-state index in [4.69, 9.17) is 5.11 Å². The Labute approximate surface area is 114 Å². The Morgan fingerprint density at radius 3 is 2.32 bits per heavy atom. The van der Waals surface area contributed by atoms with Crippen molar-refractivity contribution < 1.29 is 15.0 Å². The molecule has 1 aromatic rings. The molecule has 19 heavy (non-hydrogen) atoms. The van der Waals surface area contributed by atoms with Gasteiger partial charge in [-0.1, -0.05) is 51.1 Å². The van der Waals surface area contributed by atoms with Gasteiger partial charge in [-0.2, -0.15) is 0 Å². The molecular formula is C15H23NO3. The molecule has 0 saturated carbocycles. The molecule has 4 heteroatoms. The SMILES string of the molecule is CC(C)(C)CN(CC[C@H](O)c1ccccc1)C(=O)O. The Bertz CT molecular complexity index is 398. The first-order valence-corrected chi connectivity index (χ1v) is 6.50. The number of carboxylic acid groups (broad SMARTS) is 1. The Hall–Kier alpha value is -1.55. The highest BCUT2D eigenvalue weighted by Crippen LogP contribution is 2.19. The second-order valence-corrected chi connectivity index (χ2v) is 5.98. The van der Waals surface area contributed by atoms with E-state index in [0.717, 1.165) is 5.56 Å². The minimum Gasteiger partial charge on any atom is -0.465 e. The van der Waals surface area contributed by atoms with E-state index in [9.17, 15) is 9.90 Å². The lowest BCUT2D eigenvalue weighted by atomic mass is 9.96. The number of rotatable bonds is 5. The van der Waals surface area contributed by atoms with Crippen LogP contribution in [0.4, 0.5) is 4.79 Å². The van der Waals surface area contributed by atoms with E-state index in [-0.39, 0.29) is 5.41 Å². The largest absolute Gasteiger partial charge is 0.465 e. The molecule has 1 atom stereocenters. The number of nitrogens with zero attached hydrogens (tertiary/aromatic N) is 1. The second kappa shape index (κ2) is 6.57. The van der Waals surface area contributed by atoms with Gasteiger partial charge in [0.25, 0.3) is 0 Å². The molecule has 0 radical (unpaired) electrons. The van der Waals surface area contributed by atoms with Crippen LogP contribution in [0, 0.1) is 5.41 Å². The standard InChI is InChI=1S/C15H23NO3/c1-15(2,3)11-16(14(18)19)10-9-13(17)12-7-5-4-6-8-12/h4-8,13,17H,9-11H2,1-3H3,(H,18,19)/t13-/m0/s1. The van der Waals surface area contributed by atoms with E-state index in [0.29, 0.717) is 19.5 Å². The molecule has 0 aliphatic carbocycles.